The molecule has 2 amide bonds. The van der Waals surface area contributed by atoms with Crippen LogP contribution < -0.4 is 20.2 Å². The average Bonchev–Trinajstić information content (AvgIpc) is 3.35. The van der Waals surface area contributed by atoms with Crippen LogP contribution in [0.15, 0.2) is 69.0 Å². The SMILES string of the molecule is CCN1C(=O)C(CC(=O)Nc2ccc(S(N)(=O)=O)cc2)N(Cc2c(/N=C(\[O-])c3ccccc3)on[n+]2C)C1=S. The number of nitrogens with one attached hydrogen (secondary N) is 1. The van der Waals surface area contributed by atoms with Gasteiger partial charge in [-0.25, -0.2) is 18.5 Å². The van der Waals surface area contributed by atoms with Crippen molar-refractivity contribution < 1.29 is 32.3 Å². The number of primary sulfonamides is 1. The van der Waals surface area contributed by atoms with Gasteiger partial charge in [0.2, 0.25) is 21.2 Å². The summed E-state index contributed by atoms with van der Waals surface area (Å²) in [5, 5.41) is 24.4. The van der Waals surface area contributed by atoms with Crippen LogP contribution in [-0.2, 0) is 33.2 Å². The molecule has 3 N–H and O–H groups in total. The van der Waals surface area contributed by atoms with E-state index in [9.17, 15) is 23.1 Å². The topological polar surface area (TPSA) is 178 Å². The first kappa shape index (κ1) is 27.8. The van der Waals surface area contributed by atoms with Crippen molar-refractivity contribution >= 4 is 56.6 Å². The highest BCUT2D eigenvalue weighted by molar-refractivity contribution is 7.89. The van der Waals surface area contributed by atoms with Crippen molar-refractivity contribution in [1.82, 2.24) is 15.1 Å². The maximum Gasteiger partial charge on any atom is 0.325 e. The lowest BCUT2D eigenvalue weighted by molar-refractivity contribution is -0.746. The number of hydrogen-bond donors (Lipinski definition) is 2. The Kier molecular flexibility index (Phi) is 8.03. The number of anilines is 1. The fourth-order valence-electron chi connectivity index (χ4n) is 3.97. The van der Waals surface area contributed by atoms with E-state index in [1.54, 1.807) is 49.2 Å². The number of carbonyl (C=O) groups excluding carboxylic acids is 2. The Morgan fingerprint density at radius 1 is 1.23 bits per heavy atom. The number of hydrogen-bond acceptors (Lipinski definition) is 9. The van der Waals surface area contributed by atoms with Crippen LogP contribution in [0.2, 0.25) is 0 Å². The third kappa shape index (κ3) is 6.10. The van der Waals surface area contributed by atoms with Crippen molar-refractivity contribution in [2.45, 2.75) is 30.8 Å². The van der Waals surface area contributed by atoms with Crippen LogP contribution in [-0.4, -0.2) is 58.9 Å². The molecule has 0 aliphatic carbocycles. The van der Waals surface area contributed by atoms with Crippen molar-refractivity contribution in [1.29, 1.82) is 0 Å². The van der Waals surface area contributed by atoms with E-state index < -0.39 is 27.9 Å². The molecule has 2 aromatic carbocycles. The van der Waals surface area contributed by atoms with Crippen LogP contribution in [0.1, 0.15) is 24.6 Å². The fourth-order valence-corrected chi connectivity index (χ4v) is 4.90. The summed E-state index contributed by atoms with van der Waals surface area (Å²) in [6, 6.07) is 12.8. The third-order valence-electron chi connectivity index (χ3n) is 6.00. The van der Waals surface area contributed by atoms with E-state index in [-0.39, 0.29) is 34.8 Å². The minimum Gasteiger partial charge on any atom is -0.858 e. The van der Waals surface area contributed by atoms with E-state index in [2.05, 4.69) is 15.6 Å². The van der Waals surface area contributed by atoms with E-state index in [4.69, 9.17) is 21.9 Å². The lowest BCUT2D eigenvalue weighted by atomic mass is 10.1. The van der Waals surface area contributed by atoms with Gasteiger partial charge in [0.05, 0.1) is 11.3 Å². The van der Waals surface area contributed by atoms with Gasteiger partial charge in [-0.2, -0.15) is 0 Å². The maximum atomic E-state index is 13.2. The molecule has 13 nitrogen and oxygen atoms in total. The first-order valence-corrected chi connectivity index (χ1v) is 13.7. The Balaban J connectivity index is 1.56. The number of likely N-dealkylation sites (N-methyl/N-ethyl adjacent to an activating group) is 1. The summed E-state index contributed by atoms with van der Waals surface area (Å²) in [5.74, 6) is -1.44. The highest BCUT2D eigenvalue weighted by Crippen LogP contribution is 2.26. The first-order valence-electron chi connectivity index (χ1n) is 11.7. The number of thiocarbonyl (C=S) groups is 1. The predicted molar refractivity (Wildman–Crippen MR) is 141 cm³/mol. The molecule has 1 atom stereocenters. The van der Waals surface area contributed by atoms with Crippen LogP contribution in [0.3, 0.4) is 0 Å². The number of aromatic nitrogens is 2. The van der Waals surface area contributed by atoms with Gasteiger partial charge in [0.25, 0.3) is 11.6 Å². The molecule has 0 radical (unpaired) electrons. The van der Waals surface area contributed by atoms with Crippen molar-refractivity contribution in [2.75, 3.05) is 11.9 Å². The molecule has 4 rings (SSSR count). The summed E-state index contributed by atoms with van der Waals surface area (Å²) in [6.07, 6.45) is -0.253. The van der Waals surface area contributed by atoms with Crippen molar-refractivity contribution in [2.24, 2.45) is 17.2 Å². The Morgan fingerprint density at radius 2 is 1.90 bits per heavy atom. The number of sulfonamides is 1. The summed E-state index contributed by atoms with van der Waals surface area (Å²) in [7, 11) is -2.29. The average molecular weight is 572 g/mol. The summed E-state index contributed by atoms with van der Waals surface area (Å²) in [6.45, 7) is 2.04. The quantitative estimate of drug-likeness (QED) is 0.154. The second-order valence-corrected chi connectivity index (χ2v) is 10.5. The zero-order chi connectivity index (χ0) is 28.3. The molecule has 0 bridgehead atoms. The third-order valence-corrected chi connectivity index (χ3v) is 7.38. The summed E-state index contributed by atoms with van der Waals surface area (Å²) in [4.78, 5) is 33.0. The molecule has 3 aromatic rings. The van der Waals surface area contributed by atoms with E-state index in [0.29, 0.717) is 23.5 Å². The van der Waals surface area contributed by atoms with Gasteiger partial charge in [0, 0.05) is 12.2 Å². The Bertz CT molecular complexity index is 1540. The van der Waals surface area contributed by atoms with Crippen LogP contribution in [0.25, 0.3) is 0 Å². The minimum atomic E-state index is -3.88. The number of amides is 2. The largest absolute Gasteiger partial charge is 0.858 e. The van der Waals surface area contributed by atoms with Gasteiger partial charge in [-0.1, -0.05) is 30.3 Å². The van der Waals surface area contributed by atoms with Crippen LogP contribution in [0.4, 0.5) is 11.6 Å². The van der Waals surface area contributed by atoms with Gasteiger partial charge in [-0.05, 0) is 59.6 Å². The summed E-state index contributed by atoms with van der Waals surface area (Å²) < 4.78 is 29.6. The van der Waals surface area contributed by atoms with E-state index in [1.165, 1.54) is 33.8 Å². The summed E-state index contributed by atoms with van der Waals surface area (Å²) >= 11 is 5.54. The molecule has 0 saturated carbocycles. The molecular formula is C24H25N7O6S2. The number of carbonyl (C=O) groups is 2. The molecule has 0 spiro atoms. The number of nitrogens with zero attached hydrogens (tertiary/aromatic N) is 5. The van der Waals surface area contributed by atoms with Gasteiger partial charge in [-0.15, -0.1) is 0 Å². The van der Waals surface area contributed by atoms with Gasteiger partial charge in [0.1, 0.15) is 12.6 Å². The minimum absolute atomic E-state index is 0.0109. The van der Waals surface area contributed by atoms with E-state index in [0.717, 1.165) is 0 Å². The highest BCUT2D eigenvalue weighted by atomic mass is 32.2. The monoisotopic (exact) mass is 571 g/mol. The number of nitrogens with two attached hydrogens (primary N) is 1. The molecule has 15 heteroatoms. The maximum absolute atomic E-state index is 13.2. The molecule has 2 heterocycles. The predicted octanol–water partition coefficient (Wildman–Crippen LogP) is -0.0685. The first-order chi connectivity index (χ1) is 18.5. The van der Waals surface area contributed by atoms with Crippen molar-refractivity contribution in [3.05, 3.63) is 65.9 Å². The van der Waals surface area contributed by atoms with Gasteiger partial charge in [-0.3, -0.25) is 19.0 Å². The number of aryl methyl sites for hydroxylation is 1. The number of rotatable bonds is 9. The second-order valence-electron chi connectivity index (χ2n) is 8.56. The smallest absolute Gasteiger partial charge is 0.325 e. The Hall–Kier alpha value is -4.21. The normalized spacial score (nSPS) is 16.2. The number of benzene rings is 2. The molecule has 1 unspecified atom stereocenters. The van der Waals surface area contributed by atoms with Gasteiger partial charge >= 0.3 is 5.88 Å². The van der Waals surface area contributed by atoms with Crippen molar-refractivity contribution in [3.63, 3.8) is 0 Å². The standard InChI is InChI=1S/C24H25N7O6S2/c1-3-30-23(34)18(13-20(32)26-16-9-11-17(12-10-16)39(25,35)36)31(24(30)38)14-19-22(37-28-29(19)2)27-21(33)15-7-5-4-6-8-15/h4-12,18H,3,13-14H2,1-2H3,(H3-,25,26,27,28,32,33,35,36). The summed E-state index contributed by atoms with van der Waals surface area (Å²) in [5.41, 5.74) is 1.06. The number of aliphatic imine (C=N–C) groups is 1. The van der Waals surface area contributed by atoms with E-state index in [1.807, 2.05) is 0 Å². The molecule has 204 valence electrons. The van der Waals surface area contributed by atoms with Crippen LogP contribution in [0.5, 0.6) is 0 Å². The fraction of sp³-hybridized carbons (Fsp3) is 0.250. The van der Waals surface area contributed by atoms with Gasteiger partial charge < -0.3 is 15.3 Å². The molecule has 1 aromatic heterocycles. The molecule has 39 heavy (non-hydrogen) atoms. The second kappa shape index (κ2) is 11.3. The van der Waals surface area contributed by atoms with Crippen molar-refractivity contribution in [3.8, 4) is 0 Å². The lowest BCUT2D eigenvalue weighted by Crippen LogP contribution is -2.42. The lowest BCUT2D eigenvalue weighted by Gasteiger charge is -2.21. The molecule has 1 saturated heterocycles. The molecule has 1 aliphatic heterocycles. The van der Waals surface area contributed by atoms with E-state index >= 15 is 0 Å². The Morgan fingerprint density at radius 3 is 2.51 bits per heavy atom. The van der Waals surface area contributed by atoms with Crippen LogP contribution >= 0.6 is 12.2 Å². The Labute approximate surface area is 229 Å². The highest BCUT2D eigenvalue weighted by Gasteiger charge is 2.44. The van der Waals surface area contributed by atoms with Crippen LogP contribution in [0, 0.1) is 0 Å². The zero-order valence-corrected chi connectivity index (χ0v) is 22.6. The zero-order valence-electron chi connectivity index (χ0n) is 21.0. The molecule has 1 fully saturated rings. The van der Waals surface area contributed by atoms with Gasteiger partial charge in [0.15, 0.2) is 12.2 Å². The molecule has 1 aliphatic rings. The molecular weight excluding hydrogens is 546 g/mol.